The monoisotopic (exact) mass is 427 g/mol. The Morgan fingerprint density at radius 2 is 2.00 bits per heavy atom. The lowest BCUT2D eigenvalue weighted by Crippen LogP contribution is -2.23. The lowest BCUT2D eigenvalue weighted by Gasteiger charge is -2.18. The molecule has 0 aliphatic rings. The maximum atomic E-state index is 9.63. The number of pyridine rings is 1. The Hall–Kier alpha value is -2.31. The van der Waals surface area contributed by atoms with Gasteiger partial charge in [0.05, 0.1) is 27.9 Å². The third-order valence-corrected chi connectivity index (χ3v) is 6.68. The highest BCUT2D eigenvalue weighted by atomic mass is 32.1. The van der Waals surface area contributed by atoms with Crippen LogP contribution in [0.3, 0.4) is 0 Å². The summed E-state index contributed by atoms with van der Waals surface area (Å²) < 4.78 is 6.95. The van der Waals surface area contributed by atoms with Crippen molar-refractivity contribution >= 4 is 57.1 Å². The molecule has 0 saturated carbocycles. The lowest BCUT2D eigenvalue weighted by molar-refractivity contribution is 0.0540. The number of nitrogens with zero attached hydrogens (tertiary/aromatic N) is 2. The molecule has 4 aromatic rings. The largest absolute Gasteiger partial charge is 0.490 e. The number of thiazole rings is 1. The van der Waals surface area contributed by atoms with Gasteiger partial charge in [-0.15, -0.1) is 11.3 Å². The summed E-state index contributed by atoms with van der Waals surface area (Å²) in [5.74, 6) is 0.703. The van der Waals surface area contributed by atoms with Gasteiger partial charge >= 0.3 is 0 Å². The summed E-state index contributed by atoms with van der Waals surface area (Å²) in [6.45, 7) is 4.03. The Labute approximate surface area is 174 Å². The molecule has 0 amide bonds. The first-order valence-electron chi connectivity index (χ1n) is 9.17. The van der Waals surface area contributed by atoms with E-state index in [2.05, 4.69) is 40.7 Å². The number of benzene rings is 2. The average molecular weight is 427 g/mol. The van der Waals surface area contributed by atoms with Gasteiger partial charge in [-0.1, -0.05) is 7.92 Å². The molecular weight excluding hydrogens is 405 g/mol. The fourth-order valence-electron chi connectivity index (χ4n) is 3.07. The summed E-state index contributed by atoms with van der Waals surface area (Å²) in [5.41, 5.74) is 5.56. The van der Waals surface area contributed by atoms with E-state index in [1.807, 2.05) is 29.8 Å². The van der Waals surface area contributed by atoms with Gasteiger partial charge in [0, 0.05) is 34.3 Å². The molecule has 2 heterocycles. The zero-order chi connectivity index (χ0) is 20.4. The Kier molecular flexibility index (Phi) is 5.92. The number of ether oxygens (including phenoxy) is 1. The van der Waals surface area contributed by atoms with Crippen LogP contribution in [-0.4, -0.2) is 52.8 Å². The van der Waals surface area contributed by atoms with Crippen LogP contribution in [0, 0.1) is 0 Å². The molecule has 6 nitrogen and oxygen atoms in total. The molecule has 3 N–H and O–H groups in total. The summed E-state index contributed by atoms with van der Waals surface area (Å²) >= 11 is 1.63. The summed E-state index contributed by atoms with van der Waals surface area (Å²) in [6.07, 6.45) is 0.860. The molecular formula is C21H22N3O3PS. The second-order valence-electron chi connectivity index (χ2n) is 6.90. The van der Waals surface area contributed by atoms with E-state index in [0.717, 1.165) is 37.8 Å². The van der Waals surface area contributed by atoms with Gasteiger partial charge in [-0.25, -0.2) is 4.98 Å². The molecule has 0 radical (unpaired) electrons. The van der Waals surface area contributed by atoms with Gasteiger partial charge in [-0.05, 0) is 43.7 Å². The van der Waals surface area contributed by atoms with E-state index in [1.165, 1.54) is 0 Å². The Bertz CT molecular complexity index is 1150. The maximum Gasteiger partial charge on any atom is 0.129 e. The van der Waals surface area contributed by atoms with Crippen molar-refractivity contribution in [3.63, 3.8) is 0 Å². The first kappa shape index (κ1) is 20.0. The highest BCUT2D eigenvalue weighted by Gasteiger charge is 2.14. The predicted octanol–water partition coefficient (Wildman–Crippen LogP) is 3.69. The van der Waals surface area contributed by atoms with Crippen LogP contribution in [0.4, 0.5) is 11.4 Å². The number of aliphatic hydroxyl groups is 2. The molecule has 8 heteroatoms. The Balaban J connectivity index is 1.72. The van der Waals surface area contributed by atoms with Crippen molar-refractivity contribution in [3.05, 3.63) is 48.1 Å². The van der Waals surface area contributed by atoms with Gasteiger partial charge in [-0.3, -0.25) is 4.98 Å². The molecule has 0 saturated heterocycles. The zero-order valence-corrected chi connectivity index (χ0v) is 17.9. The van der Waals surface area contributed by atoms with Gasteiger partial charge < -0.3 is 20.3 Å². The first-order valence-corrected chi connectivity index (χ1v) is 12.3. The number of hydrogen-bond acceptors (Lipinski definition) is 7. The molecule has 0 aliphatic carbocycles. The highest BCUT2D eigenvalue weighted by Crippen LogP contribution is 2.35. The minimum atomic E-state index is -0.903. The lowest BCUT2D eigenvalue weighted by atomic mass is 10.1. The smallest absolute Gasteiger partial charge is 0.129 e. The predicted molar refractivity (Wildman–Crippen MR) is 122 cm³/mol. The fraction of sp³-hybridized carbons (Fsp3) is 0.238. The molecule has 2 aromatic heterocycles. The van der Waals surface area contributed by atoms with Crippen molar-refractivity contribution < 1.29 is 14.9 Å². The van der Waals surface area contributed by atoms with Crippen LogP contribution >= 0.6 is 19.3 Å². The van der Waals surface area contributed by atoms with Crippen molar-refractivity contribution in [3.8, 4) is 5.75 Å². The van der Waals surface area contributed by atoms with Gasteiger partial charge in [0.25, 0.3) is 0 Å². The SMILES string of the molecule is CP(C)c1cc2c(Nc3ccc4scnc4c3)ccnc2cc1OCC(O)CO. The number of fused-ring (bicyclic) bond motifs is 2. The molecule has 1 unspecified atom stereocenters. The molecule has 29 heavy (non-hydrogen) atoms. The molecule has 0 aliphatic heterocycles. The molecule has 0 spiro atoms. The highest BCUT2D eigenvalue weighted by molar-refractivity contribution is 7.64. The molecule has 2 aromatic carbocycles. The fourth-order valence-corrected chi connectivity index (χ4v) is 4.68. The van der Waals surface area contributed by atoms with E-state index in [4.69, 9.17) is 9.84 Å². The Morgan fingerprint density at radius 1 is 1.14 bits per heavy atom. The van der Waals surface area contributed by atoms with Crippen molar-refractivity contribution in [2.45, 2.75) is 6.10 Å². The molecule has 4 rings (SSSR count). The summed E-state index contributed by atoms with van der Waals surface area (Å²) in [5, 5.41) is 24.3. The van der Waals surface area contributed by atoms with Crippen molar-refractivity contribution in [1.29, 1.82) is 0 Å². The van der Waals surface area contributed by atoms with Crippen molar-refractivity contribution in [2.75, 3.05) is 31.9 Å². The van der Waals surface area contributed by atoms with E-state index < -0.39 is 14.0 Å². The summed E-state index contributed by atoms with van der Waals surface area (Å²) in [6, 6.07) is 12.1. The first-order chi connectivity index (χ1) is 14.0. The third kappa shape index (κ3) is 4.33. The standard InChI is InChI=1S/C21H22N3O3PS/c1-28(2)20-8-15-16(24-13-3-4-21-18(7-13)23-12-29-21)5-6-22-17(15)9-19(20)27-11-14(26)10-25/h3-9,12,14,25-26H,10-11H2,1-2H3,(H,22,24). The second kappa shape index (κ2) is 8.59. The maximum absolute atomic E-state index is 9.63. The van der Waals surface area contributed by atoms with Crippen LogP contribution in [0.1, 0.15) is 0 Å². The van der Waals surface area contributed by atoms with Crippen LogP contribution in [0.25, 0.3) is 21.1 Å². The molecule has 1 atom stereocenters. The van der Waals surface area contributed by atoms with Crippen LogP contribution in [0.2, 0.25) is 0 Å². The number of anilines is 2. The number of nitrogens with one attached hydrogen (secondary N) is 1. The zero-order valence-electron chi connectivity index (χ0n) is 16.2. The average Bonchev–Trinajstić information content (AvgIpc) is 3.19. The van der Waals surface area contributed by atoms with E-state index in [9.17, 15) is 5.11 Å². The number of aromatic nitrogens is 2. The molecule has 150 valence electrons. The van der Waals surface area contributed by atoms with E-state index in [1.54, 1.807) is 17.5 Å². The third-order valence-electron chi connectivity index (χ3n) is 4.56. The molecule has 0 fully saturated rings. The minimum absolute atomic E-state index is 0.0454. The molecule has 0 bridgehead atoms. The van der Waals surface area contributed by atoms with E-state index in [0.29, 0.717) is 5.75 Å². The van der Waals surface area contributed by atoms with Crippen LogP contribution < -0.4 is 15.4 Å². The quantitative estimate of drug-likeness (QED) is 0.390. The van der Waals surface area contributed by atoms with Crippen molar-refractivity contribution in [1.82, 2.24) is 9.97 Å². The van der Waals surface area contributed by atoms with Crippen molar-refractivity contribution in [2.24, 2.45) is 0 Å². The second-order valence-corrected chi connectivity index (χ2v) is 10.1. The normalized spacial score (nSPS) is 12.6. The van der Waals surface area contributed by atoms with Crippen LogP contribution in [0.5, 0.6) is 5.75 Å². The van der Waals surface area contributed by atoms with Gasteiger partial charge in [-0.2, -0.15) is 0 Å². The number of rotatable bonds is 7. The summed E-state index contributed by atoms with van der Waals surface area (Å²) in [4.78, 5) is 8.89. The van der Waals surface area contributed by atoms with Gasteiger partial charge in [0.15, 0.2) is 0 Å². The van der Waals surface area contributed by atoms with E-state index in [-0.39, 0.29) is 13.2 Å². The van der Waals surface area contributed by atoms with Gasteiger partial charge in [0.1, 0.15) is 18.5 Å². The van der Waals surface area contributed by atoms with Crippen LogP contribution in [0.15, 0.2) is 48.1 Å². The number of aliphatic hydroxyl groups excluding tert-OH is 2. The number of hydrogen-bond donors (Lipinski definition) is 3. The minimum Gasteiger partial charge on any atom is -0.490 e. The topological polar surface area (TPSA) is 87.5 Å². The van der Waals surface area contributed by atoms with Crippen LogP contribution in [-0.2, 0) is 0 Å². The van der Waals surface area contributed by atoms with E-state index >= 15 is 0 Å². The summed E-state index contributed by atoms with van der Waals surface area (Å²) in [7, 11) is -0.447. The Morgan fingerprint density at radius 3 is 2.79 bits per heavy atom. The van der Waals surface area contributed by atoms with Gasteiger partial charge in [0.2, 0.25) is 0 Å².